The minimum atomic E-state index is -4.42. The minimum Gasteiger partial charge on any atom is -0.348 e. The molecule has 2 aliphatic rings. The maximum atomic E-state index is 12.7. The Kier molecular flexibility index (Phi) is 5.02. The molecule has 3 rings (SSSR count). The van der Waals surface area contributed by atoms with Gasteiger partial charge >= 0.3 is 6.18 Å². The summed E-state index contributed by atoms with van der Waals surface area (Å²) in [7, 11) is 3.75. The van der Waals surface area contributed by atoms with Crippen LogP contribution in [0.1, 0.15) is 41.6 Å². The first kappa shape index (κ1) is 19.1. The summed E-state index contributed by atoms with van der Waals surface area (Å²) in [6, 6.07) is 4.25. The van der Waals surface area contributed by atoms with Crippen LogP contribution in [0, 0.1) is 0 Å². The third-order valence-electron chi connectivity index (χ3n) is 5.33. The molecule has 0 atom stereocenters. The average Bonchev–Trinajstić information content (AvgIpc) is 3.05. The number of ether oxygens (including phenoxy) is 2. The van der Waals surface area contributed by atoms with Crippen molar-refractivity contribution in [1.82, 2.24) is 10.2 Å². The maximum Gasteiger partial charge on any atom is 0.416 e. The topological polar surface area (TPSA) is 50.8 Å². The van der Waals surface area contributed by atoms with Crippen molar-refractivity contribution in [2.24, 2.45) is 0 Å². The second-order valence-corrected chi connectivity index (χ2v) is 7.06. The number of carbonyl (C=O) groups excluding carboxylic acids is 1. The van der Waals surface area contributed by atoms with E-state index in [1.54, 1.807) is 0 Å². The van der Waals surface area contributed by atoms with E-state index >= 15 is 0 Å². The third-order valence-corrected chi connectivity index (χ3v) is 5.33. The molecule has 1 aliphatic carbocycles. The second kappa shape index (κ2) is 6.83. The second-order valence-electron chi connectivity index (χ2n) is 7.06. The summed E-state index contributed by atoms with van der Waals surface area (Å²) in [5.74, 6) is -0.949. The van der Waals surface area contributed by atoms with Crippen LogP contribution in [0.4, 0.5) is 13.2 Å². The summed E-state index contributed by atoms with van der Waals surface area (Å²) in [6.07, 6.45) is -1.85. The van der Waals surface area contributed by atoms with Crippen LogP contribution >= 0.6 is 0 Å². The zero-order chi connectivity index (χ0) is 19.0. The number of benzene rings is 1. The summed E-state index contributed by atoms with van der Waals surface area (Å²) in [5.41, 5.74) is -1.15. The lowest BCUT2D eigenvalue weighted by atomic mass is 9.83. The zero-order valence-electron chi connectivity index (χ0n) is 14.9. The Balaban J connectivity index is 1.71. The molecule has 1 spiro atoms. The number of nitrogens with one attached hydrogen (secondary N) is 1. The Labute approximate surface area is 150 Å². The van der Waals surface area contributed by atoms with Crippen molar-refractivity contribution in [1.29, 1.82) is 0 Å². The van der Waals surface area contributed by atoms with Gasteiger partial charge in [-0.1, -0.05) is 0 Å². The van der Waals surface area contributed by atoms with Gasteiger partial charge in [-0.2, -0.15) is 13.2 Å². The average molecular weight is 372 g/mol. The van der Waals surface area contributed by atoms with E-state index in [2.05, 4.69) is 5.32 Å². The highest BCUT2D eigenvalue weighted by molar-refractivity contribution is 5.94. The summed E-state index contributed by atoms with van der Waals surface area (Å²) < 4.78 is 49.5. The fraction of sp³-hybridized carbons (Fsp3) is 0.611. The van der Waals surface area contributed by atoms with E-state index in [4.69, 9.17) is 9.47 Å². The predicted molar refractivity (Wildman–Crippen MR) is 88.4 cm³/mol. The molecule has 1 aromatic rings. The SMILES string of the molecule is CN(C)C1(NC(=O)c2ccc(C(F)(F)F)cc2)CCC2(CC1)OCCO2. The fourth-order valence-electron chi connectivity index (χ4n) is 3.61. The molecule has 26 heavy (non-hydrogen) atoms. The number of amides is 1. The molecule has 1 heterocycles. The molecule has 2 fully saturated rings. The number of carbonyl (C=O) groups is 1. The van der Waals surface area contributed by atoms with Gasteiger partial charge in [-0.25, -0.2) is 0 Å². The van der Waals surface area contributed by atoms with Crippen molar-refractivity contribution in [2.45, 2.75) is 43.3 Å². The van der Waals surface area contributed by atoms with Gasteiger partial charge in [0.05, 0.1) is 24.4 Å². The molecule has 1 aliphatic heterocycles. The summed E-state index contributed by atoms with van der Waals surface area (Å²) >= 11 is 0. The Hall–Kier alpha value is -1.64. The molecule has 0 bridgehead atoms. The Morgan fingerprint density at radius 1 is 1.04 bits per heavy atom. The standard InChI is InChI=1S/C18H23F3N2O3/c1-23(2)16(7-9-17(10-8-16)25-11-12-26-17)22-15(24)13-3-5-14(6-4-13)18(19,20)21/h3-6H,7-12H2,1-2H3,(H,22,24). The van der Waals surface area contributed by atoms with Crippen LogP contribution in [-0.2, 0) is 15.7 Å². The molecule has 1 saturated heterocycles. The van der Waals surface area contributed by atoms with E-state index in [0.29, 0.717) is 38.9 Å². The van der Waals surface area contributed by atoms with Crippen molar-refractivity contribution in [3.05, 3.63) is 35.4 Å². The van der Waals surface area contributed by atoms with E-state index in [9.17, 15) is 18.0 Å². The van der Waals surface area contributed by atoms with Crippen molar-refractivity contribution < 1.29 is 27.4 Å². The molecule has 0 radical (unpaired) electrons. The summed E-state index contributed by atoms with van der Waals surface area (Å²) in [4.78, 5) is 14.6. The van der Waals surface area contributed by atoms with Gasteiger partial charge in [0, 0.05) is 18.4 Å². The predicted octanol–water partition coefficient (Wildman–Crippen LogP) is 3.01. The smallest absolute Gasteiger partial charge is 0.348 e. The van der Waals surface area contributed by atoms with Gasteiger partial charge in [-0.15, -0.1) is 0 Å². The molecule has 1 amide bonds. The van der Waals surface area contributed by atoms with Crippen LogP contribution in [0.2, 0.25) is 0 Å². The first-order valence-corrected chi connectivity index (χ1v) is 8.61. The molecule has 0 unspecified atom stereocenters. The van der Waals surface area contributed by atoms with Gasteiger partial charge in [0.2, 0.25) is 0 Å². The van der Waals surface area contributed by atoms with E-state index in [1.807, 2.05) is 19.0 Å². The summed E-state index contributed by atoms with van der Waals surface area (Å²) in [5, 5.41) is 3.01. The lowest BCUT2D eigenvalue weighted by Crippen LogP contribution is -2.61. The van der Waals surface area contributed by atoms with E-state index in [1.165, 1.54) is 12.1 Å². The number of rotatable bonds is 3. The Morgan fingerprint density at radius 3 is 2.04 bits per heavy atom. The lowest BCUT2D eigenvalue weighted by molar-refractivity contribution is -0.194. The van der Waals surface area contributed by atoms with Crippen LogP contribution in [0.15, 0.2) is 24.3 Å². The molecule has 5 nitrogen and oxygen atoms in total. The van der Waals surface area contributed by atoms with E-state index in [-0.39, 0.29) is 5.56 Å². The Bertz CT molecular complexity index is 643. The molecule has 0 aromatic heterocycles. The first-order chi connectivity index (χ1) is 12.2. The van der Waals surface area contributed by atoms with E-state index in [0.717, 1.165) is 12.1 Å². The van der Waals surface area contributed by atoms with Gasteiger partial charge in [0.25, 0.3) is 5.91 Å². The van der Waals surface area contributed by atoms with Gasteiger partial charge in [-0.3, -0.25) is 9.69 Å². The van der Waals surface area contributed by atoms with Crippen molar-refractivity contribution in [2.75, 3.05) is 27.3 Å². The lowest BCUT2D eigenvalue weighted by Gasteiger charge is -2.47. The monoisotopic (exact) mass is 372 g/mol. The normalized spacial score (nSPS) is 21.9. The largest absolute Gasteiger partial charge is 0.416 e. The minimum absolute atomic E-state index is 0.202. The zero-order valence-corrected chi connectivity index (χ0v) is 14.9. The molecule has 144 valence electrons. The quantitative estimate of drug-likeness (QED) is 0.829. The number of nitrogens with zero attached hydrogens (tertiary/aromatic N) is 1. The number of hydrogen-bond donors (Lipinski definition) is 1. The molecule has 1 N–H and O–H groups in total. The van der Waals surface area contributed by atoms with Crippen molar-refractivity contribution in [3.63, 3.8) is 0 Å². The molecule has 1 saturated carbocycles. The summed E-state index contributed by atoms with van der Waals surface area (Å²) in [6.45, 7) is 1.15. The highest BCUT2D eigenvalue weighted by Gasteiger charge is 2.48. The highest BCUT2D eigenvalue weighted by atomic mass is 19.4. The van der Waals surface area contributed by atoms with Gasteiger partial charge < -0.3 is 14.8 Å². The van der Waals surface area contributed by atoms with Gasteiger partial charge in [0.15, 0.2) is 5.79 Å². The van der Waals surface area contributed by atoms with Crippen LogP contribution < -0.4 is 5.32 Å². The number of halogens is 3. The first-order valence-electron chi connectivity index (χ1n) is 8.61. The third kappa shape index (κ3) is 3.72. The molecule has 8 heteroatoms. The van der Waals surface area contributed by atoms with Crippen molar-refractivity contribution in [3.8, 4) is 0 Å². The number of hydrogen-bond acceptors (Lipinski definition) is 4. The van der Waals surface area contributed by atoms with Crippen LogP contribution in [-0.4, -0.2) is 49.6 Å². The van der Waals surface area contributed by atoms with E-state index < -0.39 is 29.1 Å². The van der Waals surface area contributed by atoms with Gasteiger partial charge in [0.1, 0.15) is 0 Å². The van der Waals surface area contributed by atoms with Crippen molar-refractivity contribution >= 4 is 5.91 Å². The van der Waals surface area contributed by atoms with Crippen LogP contribution in [0.5, 0.6) is 0 Å². The fourth-order valence-corrected chi connectivity index (χ4v) is 3.61. The highest BCUT2D eigenvalue weighted by Crippen LogP contribution is 2.41. The molecular weight excluding hydrogens is 349 g/mol. The van der Waals surface area contributed by atoms with Crippen LogP contribution in [0.3, 0.4) is 0 Å². The maximum absolute atomic E-state index is 12.7. The van der Waals surface area contributed by atoms with Gasteiger partial charge in [-0.05, 0) is 51.2 Å². The molecule has 1 aromatic carbocycles. The van der Waals surface area contributed by atoms with Crippen LogP contribution in [0.25, 0.3) is 0 Å². The number of alkyl halides is 3. The Morgan fingerprint density at radius 2 is 1.58 bits per heavy atom. The molecular formula is C18H23F3N2O3.